The molecule has 0 unspecified atom stereocenters. The minimum Gasteiger partial charge on any atom is -0.480 e. The third kappa shape index (κ3) is 4.32. The SMILES string of the molecule is C[C@H](NC(=O)CNC(=O)[C@@H](N)Cc1c[nH]c2ccccc12)C(=O)O. The fourth-order valence-electron chi connectivity index (χ4n) is 2.28. The molecule has 2 amide bonds. The normalized spacial score (nSPS) is 13.2. The number of para-hydroxylation sites is 1. The van der Waals surface area contributed by atoms with Crippen molar-refractivity contribution in [2.45, 2.75) is 25.4 Å². The highest BCUT2D eigenvalue weighted by Gasteiger charge is 2.18. The van der Waals surface area contributed by atoms with Crippen molar-refractivity contribution in [2.75, 3.05) is 6.54 Å². The van der Waals surface area contributed by atoms with Crippen molar-refractivity contribution in [1.82, 2.24) is 15.6 Å². The molecule has 2 aromatic rings. The summed E-state index contributed by atoms with van der Waals surface area (Å²) in [7, 11) is 0. The van der Waals surface area contributed by atoms with Gasteiger partial charge < -0.3 is 26.5 Å². The second-order valence-electron chi connectivity index (χ2n) is 5.52. The number of amides is 2. The lowest BCUT2D eigenvalue weighted by Gasteiger charge is -2.13. The third-order valence-corrected chi connectivity index (χ3v) is 3.62. The van der Waals surface area contributed by atoms with Gasteiger partial charge in [-0.25, -0.2) is 0 Å². The second-order valence-corrected chi connectivity index (χ2v) is 5.52. The first-order valence-corrected chi connectivity index (χ1v) is 7.49. The number of rotatable bonds is 7. The number of aliphatic carboxylic acids is 1. The quantitative estimate of drug-likeness (QED) is 0.476. The molecule has 1 heterocycles. The maximum atomic E-state index is 12.0. The first-order valence-electron chi connectivity index (χ1n) is 7.49. The fourth-order valence-corrected chi connectivity index (χ4v) is 2.28. The van der Waals surface area contributed by atoms with Crippen LogP contribution in [0.2, 0.25) is 0 Å². The maximum absolute atomic E-state index is 12.0. The minimum atomic E-state index is -1.15. The molecule has 0 saturated heterocycles. The monoisotopic (exact) mass is 332 g/mol. The van der Waals surface area contributed by atoms with Crippen LogP contribution in [0.5, 0.6) is 0 Å². The summed E-state index contributed by atoms with van der Waals surface area (Å²) < 4.78 is 0. The number of nitrogens with two attached hydrogens (primary N) is 1. The molecule has 0 radical (unpaired) electrons. The first-order chi connectivity index (χ1) is 11.4. The van der Waals surface area contributed by atoms with E-state index in [0.717, 1.165) is 16.5 Å². The Labute approximate surface area is 138 Å². The summed E-state index contributed by atoms with van der Waals surface area (Å²) in [5, 5.41) is 14.3. The molecule has 0 saturated carbocycles. The van der Waals surface area contributed by atoms with Crippen LogP contribution >= 0.6 is 0 Å². The van der Waals surface area contributed by atoms with E-state index in [-0.39, 0.29) is 6.54 Å². The molecule has 0 aliphatic carbocycles. The van der Waals surface area contributed by atoms with Crippen LogP contribution in [0.25, 0.3) is 10.9 Å². The summed E-state index contributed by atoms with van der Waals surface area (Å²) in [6.45, 7) is 1.02. The summed E-state index contributed by atoms with van der Waals surface area (Å²) >= 11 is 0. The van der Waals surface area contributed by atoms with Gasteiger partial charge >= 0.3 is 5.97 Å². The highest BCUT2D eigenvalue weighted by Crippen LogP contribution is 2.18. The number of fused-ring (bicyclic) bond motifs is 1. The Morgan fingerprint density at radius 1 is 1.29 bits per heavy atom. The van der Waals surface area contributed by atoms with E-state index >= 15 is 0 Å². The minimum absolute atomic E-state index is 0.321. The lowest BCUT2D eigenvalue weighted by atomic mass is 10.1. The molecule has 2 atom stereocenters. The average Bonchev–Trinajstić information content (AvgIpc) is 2.95. The molecule has 0 spiro atoms. The lowest BCUT2D eigenvalue weighted by molar-refractivity contribution is -0.141. The van der Waals surface area contributed by atoms with Crippen molar-refractivity contribution in [3.8, 4) is 0 Å². The molecule has 0 aliphatic rings. The number of carboxylic acid groups (broad SMARTS) is 1. The number of hydrogen-bond acceptors (Lipinski definition) is 4. The number of aromatic amines is 1. The number of benzene rings is 1. The number of nitrogens with one attached hydrogen (secondary N) is 3. The van der Waals surface area contributed by atoms with E-state index in [1.54, 1.807) is 6.20 Å². The molecule has 8 nitrogen and oxygen atoms in total. The predicted octanol–water partition coefficient (Wildman–Crippen LogP) is -0.257. The molecule has 2 rings (SSSR count). The van der Waals surface area contributed by atoms with Gasteiger partial charge in [-0.1, -0.05) is 18.2 Å². The molecule has 128 valence electrons. The zero-order chi connectivity index (χ0) is 17.7. The number of aromatic nitrogens is 1. The zero-order valence-corrected chi connectivity index (χ0v) is 13.2. The molecule has 1 aromatic heterocycles. The first kappa shape index (κ1) is 17.5. The van der Waals surface area contributed by atoms with Crippen LogP contribution in [0.4, 0.5) is 0 Å². The Bertz CT molecular complexity index is 755. The van der Waals surface area contributed by atoms with E-state index in [1.807, 2.05) is 24.3 Å². The number of hydrogen-bond donors (Lipinski definition) is 5. The Balaban J connectivity index is 1.86. The molecule has 0 bridgehead atoms. The smallest absolute Gasteiger partial charge is 0.325 e. The Morgan fingerprint density at radius 2 is 2.00 bits per heavy atom. The van der Waals surface area contributed by atoms with Gasteiger partial charge in [0, 0.05) is 17.1 Å². The van der Waals surface area contributed by atoms with E-state index in [0.29, 0.717) is 6.42 Å². The maximum Gasteiger partial charge on any atom is 0.325 e. The van der Waals surface area contributed by atoms with Crippen LogP contribution in [0.15, 0.2) is 30.5 Å². The summed E-state index contributed by atoms with van der Waals surface area (Å²) in [5.74, 6) is -2.21. The van der Waals surface area contributed by atoms with Crippen molar-refractivity contribution in [3.05, 3.63) is 36.0 Å². The van der Waals surface area contributed by atoms with Gasteiger partial charge in [0.05, 0.1) is 12.6 Å². The molecular formula is C16H20N4O4. The van der Waals surface area contributed by atoms with Crippen molar-refractivity contribution >= 4 is 28.7 Å². The summed E-state index contributed by atoms with van der Waals surface area (Å²) in [6, 6.07) is 5.85. The number of carbonyl (C=O) groups is 3. The van der Waals surface area contributed by atoms with Gasteiger partial charge in [0.15, 0.2) is 0 Å². The van der Waals surface area contributed by atoms with E-state index in [9.17, 15) is 14.4 Å². The van der Waals surface area contributed by atoms with Crippen LogP contribution in [-0.2, 0) is 20.8 Å². The molecule has 6 N–H and O–H groups in total. The summed E-state index contributed by atoms with van der Waals surface area (Å²) in [5.41, 5.74) is 7.76. The van der Waals surface area contributed by atoms with Gasteiger partial charge in [-0.3, -0.25) is 14.4 Å². The van der Waals surface area contributed by atoms with E-state index in [2.05, 4.69) is 15.6 Å². The van der Waals surface area contributed by atoms with Crippen molar-refractivity contribution in [1.29, 1.82) is 0 Å². The third-order valence-electron chi connectivity index (χ3n) is 3.62. The van der Waals surface area contributed by atoms with Gasteiger partial charge in [0.2, 0.25) is 11.8 Å². The van der Waals surface area contributed by atoms with E-state index in [1.165, 1.54) is 6.92 Å². The summed E-state index contributed by atoms with van der Waals surface area (Å²) in [6.07, 6.45) is 2.13. The summed E-state index contributed by atoms with van der Waals surface area (Å²) in [4.78, 5) is 37.3. The van der Waals surface area contributed by atoms with Crippen molar-refractivity contribution in [2.24, 2.45) is 5.73 Å². The number of carbonyl (C=O) groups excluding carboxylic acids is 2. The standard InChI is InChI=1S/C16H20N4O4/c1-9(16(23)24)20-14(21)8-19-15(22)12(17)6-10-7-18-13-5-3-2-4-11(10)13/h2-5,7,9,12,18H,6,8,17H2,1H3,(H,19,22)(H,20,21)(H,23,24)/t9-,12-/m0/s1. The largest absolute Gasteiger partial charge is 0.480 e. The van der Waals surface area contributed by atoms with Gasteiger partial charge in [-0.05, 0) is 25.0 Å². The van der Waals surface area contributed by atoms with Crippen LogP contribution in [0, 0.1) is 0 Å². The van der Waals surface area contributed by atoms with Crippen molar-refractivity contribution < 1.29 is 19.5 Å². The number of carboxylic acids is 1. The molecule has 24 heavy (non-hydrogen) atoms. The van der Waals surface area contributed by atoms with Gasteiger partial charge in [-0.15, -0.1) is 0 Å². The lowest BCUT2D eigenvalue weighted by Crippen LogP contribution is -2.48. The van der Waals surface area contributed by atoms with E-state index < -0.39 is 29.9 Å². The predicted molar refractivity (Wildman–Crippen MR) is 88.2 cm³/mol. The molecular weight excluding hydrogens is 312 g/mol. The topological polar surface area (TPSA) is 137 Å². The molecule has 1 aromatic carbocycles. The molecule has 0 aliphatic heterocycles. The van der Waals surface area contributed by atoms with Crippen LogP contribution in [-0.4, -0.2) is 46.5 Å². The second kappa shape index (κ2) is 7.60. The Morgan fingerprint density at radius 3 is 2.71 bits per heavy atom. The molecule has 8 heteroatoms. The highest BCUT2D eigenvalue weighted by molar-refractivity contribution is 5.90. The van der Waals surface area contributed by atoms with Crippen LogP contribution < -0.4 is 16.4 Å². The highest BCUT2D eigenvalue weighted by atomic mass is 16.4. The van der Waals surface area contributed by atoms with Gasteiger partial charge in [-0.2, -0.15) is 0 Å². The van der Waals surface area contributed by atoms with Crippen molar-refractivity contribution in [3.63, 3.8) is 0 Å². The van der Waals surface area contributed by atoms with Crippen LogP contribution in [0.3, 0.4) is 0 Å². The molecule has 0 fully saturated rings. The fraction of sp³-hybridized carbons (Fsp3) is 0.312. The average molecular weight is 332 g/mol. The van der Waals surface area contributed by atoms with Crippen LogP contribution in [0.1, 0.15) is 12.5 Å². The van der Waals surface area contributed by atoms with Gasteiger partial charge in [0.25, 0.3) is 0 Å². The Kier molecular flexibility index (Phi) is 5.54. The zero-order valence-electron chi connectivity index (χ0n) is 13.2. The van der Waals surface area contributed by atoms with E-state index in [4.69, 9.17) is 10.8 Å². The Hall–Kier alpha value is -2.87. The number of H-pyrrole nitrogens is 1. The van der Waals surface area contributed by atoms with Gasteiger partial charge in [0.1, 0.15) is 6.04 Å².